The minimum atomic E-state index is 0.289. The Morgan fingerprint density at radius 2 is 1.26 bits per heavy atom. The highest BCUT2D eigenvalue weighted by molar-refractivity contribution is 6.41. The Balaban J connectivity index is 1.87. The zero-order valence-electron chi connectivity index (χ0n) is 15.8. The minimum Gasteiger partial charge on any atom is -0.351 e. The molecule has 0 radical (unpaired) electrons. The van der Waals surface area contributed by atoms with E-state index in [9.17, 15) is 0 Å². The molecule has 4 nitrogen and oxygen atoms in total. The normalized spacial score (nSPS) is 29.6. The van der Waals surface area contributed by atoms with Gasteiger partial charge in [0, 0.05) is 26.2 Å². The summed E-state index contributed by atoms with van der Waals surface area (Å²) in [6.45, 7) is 18.3. The van der Waals surface area contributed by atoms with E-state index in [1.807, 2.05) is 0 Å². The third kappa shape index (κ3) is 3.72. The van der Waals surface area contributed by atoms with Crippen LogP contribution in [-0.4, -0.2) is 59.7 Å². The lowest BCUT2D eigenvalue weighted by atomic mass is 9.92. The third-order valence-corrected chi connectivity index (χ3v) is 5.00. The van der Waals surface area contributed by atoms with Crippen molar-refractivity contribution in [1.29, 1.82) is 0 Å². The maximum absolute atomic E-state index is 5.10. The van der Waals surface area contributed by atoms with Gasteiger partial charge in [-0.05, 0) is 30.1 Å². The first-order valence-corrected chi connectivity index (χ1v) is 9.39. The molecule has 0 aliphatic carbocycles. The fourth-order valence-electron chi connectivity index (χ4n) is 4.38. The number of rotatable bonds is 4. The molecule has 23 heavy (non-hydrogen) atoms. The Kier molecular flexibility index (Phi) is 4.45. The molecular formula is C19H34N4. The topological polar surface area (TPSA) is 31.2 Å². The fraction of sp³-hybridized carbons (Fsp3) is 0.895. The van der Waals surface area contributed by atoms with Crippen molar-refractivity contribution in [3.63, 3.8) is 0 Å². The van der Waals surface area contributed by atoms with Crippen molar-refractivity contribution in [2.45, 2.75) is 66.5 Å². The van der Waals surface area contributed by atoms with Gasteiger partial charge in [0.1, 0.15) is 0 Å². The lowest BCUT2D eigenvalue weighted by Crippen LogP contribution is -2.38. The molecular weight excluding hydrogens is 284 g/mol. The van der Waals surface area contributed by atoms with E-state index in [4.69, 9.17) is 9.98 Å². The standard InChI is InChI=1S/C19H34N4/c1-13(2)7-15-9-22-11-19(5,6)12-23-10-16(8-14(3)4)21-18(23)17(22)20-15/h13-16H,7-12H2,1-6H3/t15-,16-/m0/s1. The van der Waals surface area contributed by atoms with Gasteiger partial charge in [0.25, 0.3) is 0 Å². The Morgan fingerprint density at radius 3 is 1.61 bits per heavy atom. The van der Waals surface area contributed by atoms with E-state index in [1.165, 1.54) is 24.5 Å². The average molecular weight is 319 g/mol. The van der Waals surface area contributed by atoms with Crippen molar-refractivity contribution < 1.29 is 0 Å². The van der Waals surface area contributed by atoms with E-state index in [0.717, 1.165) is 26.2 Å². The second-order valence-electron chi connectivity index (χ2n) is 9.40. The highest BCUT2D eigenvalue weighted by atomic mass is 15.4. The SMILES string of the molecule is CC(C)C[C@H]1CN2CC(C)(C)CN3C[C@H](CC(C)C)N=C3C2=N1. The molecule has 1 saturated heterocycles. The van der Waals surface area contributed by atoms with Gasteiger partial charge in [0.2, 0.25) is 0 Å². The second kappa shape index (κ2) is 6.10. The van der Waals surface area contributed by atoms with Crippen LogP contribution in [0.4, 0.5) is 0 Å². The largest absolute Gasteiger partial charge is 0.351 e. The van der Waals surface area contributed by atoms with Crippen LogP contribution in [0.5, 0.6) is 0 Å². The van der Waals surface area contributed by atoms with Crippen molar-refractivity contribution in [3.8, 4) is 0 Å². The minimum absolute atomic E-state index is 0.289. The predicted molar refractivity (Wildman–Crippen MR) is 98.3 cm³/mol. The van der Waals surface area contributed by atoms with E-state index in [2.05, 4.69) is 51.3 Å². The summed E-state index contributed by atoms with van der Waals surface area (Å²) < 4.78 is 0. The monoisotopic (exact) mass is 318 g/mol. The first-order chi connectivity index (χ1) is 10.7. The molecule has 0 unspecified atom stereocenters. The van der Waals surface area contributed by atoms with Crippen molar-refractivity contribution >= 4 is 11.7 Å². The molecule has 0 aromatic carbocycles. The van der Waals surface area contributed by atoms with Crippen LogP contribution in [0.25, 0.3) is 0 Å². The van der Waals surface area contributed by atoms with E-state index < -0.39 is 0 Å². The highest BCUT2D eigenvalue weighted by Gasteiger charge is 2.42. The van der Waals surface area contributed by atoms with Crippen LogP contribution in [-0.2, 0) is 0 Å². The molecule has 3 aliphatic heterocycles. The molecule has 3 heterocycles. The molecule has 0 aromatic heterocycles. The molecule has 0 N–H and O–H groups in total. The zero-order valence-corrected chi connectivity index (χ0v) is 15.8. The number of hydrogen-bond acceptors (Lipinski definition) is 4. The van der Waals surface area contributed by atoms with Gasteiger partial charge in [-0.1, -0.05) is 41.5 Å². The van der Waals surface area contributed by atoms with Crippen molar-refractivity contribution in [1.82, 2.24) is 9.80 Å². The van der Waals surface area contributed by atoms with Gasteiger partial charge in [-0.2, -0.15) is 0 Å². The Morgan fingerprint density at radius 1 is 0.870 bits per heavy atom. The summed E-state index contributed by atoms with van der Waals surface area (Å²) in [6.07, 6.45) is 2.37. The maximum atomic E-state index is 5.10. The number of nitrogens with zero attached hydrogens (tertiary/aromatic N) is 4. The molecule has 130 valence electrons. The van der Waals surface area contributed by atoms with Gasteiger partial charge < -0.3 is 9.80 Å². The quantitative estimate of drug-likeness (QED) is 0.796. The van der Waals surface area contributed by atoms with Crippen molar-refractivity contribution in [3.05, 3.63) is 0 Å². The Labute approximate surface area is 142 Å². The molecule has 0 bridgehead atoms. The van der Waals surface area contributed by atoms with Gasteiger partial charge >= 0.3 is 0 Å². The van der Waals surface area contributed by atoms with Crippen LogP contribution >= 0.6 is 0 Å². The third-order valence-electron chi connectivity index (χ3n) is 5.00. The second-order valence-corrected chi connectivity index (χ2v) is 9.40. The molecule has 3 aliphatic rings. The van der Waals surface area contributed by atoms with Gasteiger partial charge in [0.15, 0.2) is 11.7 Å². The van der Waals surface area contributed by atoms with Crippen molar-refractivity contribution in [2.24, 2.45) is 27.2 Å². The molecule has 0 spiro atoms. The number of hydrogen-bond donors (Lipinski definition) is 0. The first kappa shape index (κ1) is 16.8. The van der Waals surface area contributed by atoms with Crippen molar-refractivity contribution in [2.75, 3.05) is 26.2 Å². The summed E-state index contributed by atoms with van der Waals surface area (Å²) in [5.74, 6) is 3.78. The van der Waals surface area contributed by atoms with Crippen LogP contribution < -0.4 is 0 Å². The number of fused-ring (bicyclic) bond motifs is 3. The summed E-state index contributed by atoms with van der Waals surface area (Å²) in [6, 6.07) is 0.903. The summed E-state index contributed by atoms with van der Waals surface area (Å²) in [5.41, 5.74) is 0.289. The van der Waals surface area contributed by atoms with Crippen LogP contribution in [0.3, 0.4) is 0 Å². The summed E-state index contributed by atoms with van der Waals surface area (Å²) in [4.78, 5) is 15.2. The molecule has 3 rings (SSSR count). The predicted octanol–water partition coefficient (Wildman–Crippen LogP) is 3.28. The molecule has 4 heteroatoms. The van der Waals surface area contributed by atoms with E-state index in [-0.39, 0.29) is 5.41 Å². The summed E-state index contributed by atoms with van der Waals surface area (Å²) >= 11 is 0. The molecule has 0 amide bonds. The van der Waals surface area contributed by atoms with Crippen LogP contribution in [0.2, 0.25) is 0 Å². The van der Waals surface area contributed by atoms with Crippen LogP contribution in [0.1, 0.15) is 54.4 Å². The summed E-state index contributed by atoms with van der Waals surface area (Å²) in [7, 11) is 0. The van der Waals surface area contributed by atoms with E-state index >= 15 is 0 Å². The Hall–Kier alpha value is -1.06. The molecule has 0 saturated carbocycles. The van der Waals surface area contributed by atoms with Crippen LogP contribution in [0, 0.1) is 17.3 Å². The van der Waals surface area contributed by atoms with Gasteiger partial charge in [-0.25, -0.2) is 0 Å². The number of amidine groups is 2. The maximum Gasteiger partial charge on any atom is 0.167 e. The number of aliphatic imine (C=N–C) groups is 2. The smallest absolute Gasteiger partial charge is 0.167 e. The van der Waals surface area contributed by atoms with Gasteiger partial charge in [-0.15, -0.1) is 0 Å². The van der Waals surface area contributed by atoms with Gasteiger partial charge in [-0.3, -0.25) is 9.98 Å². The van der Waals surface area contributed by atoms with Gasteiger partial charge in [0.05, 0.1) is 12.1 Å². The lowest BCUT2D eigenvalue weighted by Gasteiger charge is -2.30. The Bertz CT molecular complexity index is 459. The summed E-state index contributed by atoms with van der Waals surface area (Å²) in [5, 5.41) is 0. The lowest BCUT2D eigenvalue weighted by molar-refractivity contribution is 0.212. The highest BCUT2D eigenvalue weighted by Crippen LogP contribution is 2.31. The van der Waals surface area contributed by atoms with E-state index in [1.54, 1.807) is 0 Å². The molecule has 0 aromatic rings. The fourth-order valence-corrected chi connectivity index (χ4v) is 4.38. The average Bonchev–Trinajstić information content (AvgIpc) is 2.88. The molecule has 2 atom stereocenters. The first-order valence-electron chi connectivity index (χ1n) is 9.39. The van der Waals surface area contributed by atoms with E-state index in [0.29, 0.717) is 23.9 Å². The van der Waals surface area contributed by atoms with Crippen LogP contribution in [0.15, 0.2) is 9.98 Å². The zero-order chi connectivity index (χ0) is 16.8. The molecule has 1 fully saturated rings.